The predicted molar refractivity (Wildman–Crippen MR) is 67.3 cm³/mol. The Kier molecular flexibility index (Phi) is 3.19. The standard InChI is InChI=1S/C13H17N3O/c1-3-4-5-15-6-7-16-12(15)8-10(2)11(9-14)13(16)17/h8H,3-7H2,1-2H3. The first-order chi connectivity index (χ1) is 8.19. The summed E-state index contributed by atoms with van der Waals surface area (Å²) in [5.41, 5.74) is 0.930. The molecule has 17 heavy (non-hydrogen) atoms. The van der Waals surface area contributed by atoms with E-state index in [0.29, 0.717) is 6.54 Å². The number of rotatable bonds is 3. The van der Waals surface area contributed by atoms with Crippen LogP contribution in [0.25, 0.3) is 0 Å². The summed E-state index contributed by atoms with van der Waals surface area (Å²) in [6, 6.07) is 3.96. The summed E-state index contributed by atoms with van der Waals surface area (Å²) in [6.07, 6.45) is 2.28. The fourth-order valence-electron chi connectivity index (χ4n) is 2.28. The summed E-state index contributed by atoms with van der Waals surface area (Å²) in [7, 11) is 0. The molecule has 1 aliphatic heterocycles. The Morgan fingerprint density at radius 2 is 2.24 bits per heavy atom. The third-order valence-electron chi connectivity index (χ3n) is 3.29. The van der Waals surface area contributed by atoms with Gasteiger partial charge in [0, 0.05) is 19.6 Å². The lowest BCUT2D eigenvalue weighted by molar-refractivity contribution is 0.718. The molecule has 1 aromatic heterocycles. The van der Waals surface area contributed by atoms with Gasteiger partial charge in [0.05, 0.1) is 0 Å². The highest BCUT2D eigenvalue weighted by molar-refractivity contribution is 5.50. The van der Waals surface area contributed by atoms with E-state index >= 15 is 0 Å². The van der Waals surface area contributed by atoms with Gasteiger partial charge in [-0.3, -0.25) is 9.36 Å². The van der Waals surface area contributed by atoms with Gasteiger partial charge < -0.3 is 4.90 Å². The first kappa shape index (κ1) is 11.7. The van der Waals surface area contributed by atoms with Crippen molar-refractivity contribution in [2.75, 3.05) is 18.0 Å². The van der Waals surface area contributed by atoms with E-state index in [1.54, 1.807) is 4.57 Å². The van der Waals surface area contributed by atoms with Crippen molar-refractivity contribution in [3.05, 3.63) is 27.5 Å². The van der Waals surface area contributed by atoms with Crippen LogP contribution in [0.15, 0.2) is 10.9 Å². The van der Waals surface area contributed by atoms with Crippen LogP contribution in [-0.4, -0.2) is 17.7 Å². The fourth-order valence-corrected chi connectivity index (χ4v) is 2.28. The highest BCUT2D eigenvalue weighted by atomic mass is 16.1. The maximum absolute atomic E-state index is 12.0. The van der Waals surface area contributed by atoms with E-state index in [9.17, 15) is 4.79 Å². The molecule has 0 spiro atoms. The minimum absolute atomic E-state index is 0.138. The first-order valence-corrected chi connectivity index (χ1v) is 6.08. The van der Waals surface area contributed by atoms with Crippen LogP contribution in [0.5, 0.6) is 0 Å². The molecule has 1 aliphatic rings. The van der Waals surface area contributed by atoms with Gasteiger partial charge >= 0.3 is 0 Å². The monoisotopic (exact) mass is 231 g/mol. The van der Waals surface area contributed by atoms with E-state index in [1.807, 2.05) is 19.1 Å². The van der Waals surface area contributed by atoms with Crippen molar-refractivity contribution in [2.45, 2.75) is 33.2 Å². The quantitative estimate of drug-likeness (QED) is 0.794. The molecule has 0 unspecified atom stereocenters. The van der Waals surface area contributed by atoms with Gasteiger partial charge in [-0.25, -0.2) is 0 Å². The van der Waals surface area contributed by atoms with Crippen LogP contribution in [-0.2, 0) is 6.54 Å². The number of fused-ring (bicyclic) bond motifs is 1. The smallest absolute Gasteiger partial charge is 0.270 e. The Labute approximate surface area is 101 Å². The summed E-state index contributed by atoms with van der Waals surface area (Å²) in [6.45, 7) is 6.56. The van der Waals surface area contributed by atoms with Gasteiger partial charge in [0.1, 0.15) is 17.5 Å². The molecule has 2 rings (SSSR count). The summed E-state index contributed by atoms with van der Waals surface area (Å²) < 4.78 is 1.72. The van der Waals surface area contributed by atoms with Crippen molar-refractivity contribution >= 4 is 5.82 Å². The number of aromatic nitrogens is 1. The summed E-state index contributed by atoms with van der Waals surface area (Å²) >= 11 is 0. The molecule has 0 amide bonds. The molecule has 90 valence electrons. The Morgan fingerprint density at radius 3 is 2.88 bits per heavy atom. The number of unbranched alkanes of at least 4 members (excludes halogenated alkanes) is 1. The molecule has 0 bridgehead atoms. The molecule has 0 saturated heterocycles. The Hall–Kier alpha value is -1.76. The number of hydrogen-bond acceptors (Lipinski definition) is 3. The summed E-state index contributed by atoms with van der Waals surface area (Å²) in [5, 5.41) is 8.96. The molecular weight excluding hydrogens is 214 g/mol. The lowest BCUT2D eigenvalue weighted by Crippen LogP contribution is -2.24. The molecule has 0 aliphatic carbocycles. The van der Waals surface area contributed by atoms with E-state index < -0.39 is 0 Å². The molecule has 0 fully saturated rings. The van der Waals surface area contributed by atoms with Crippen LogP contribution in [0.3, 0.4) is 0 Å². The van der Waals surface area contributed by atoms with Crippen molar-refractivity contribution in [3.63, 3.8) is 0 Å². The molecule has 4 nitrogen and oxygen atoms in total. The van der Waals surface area contributed by atoms with Crippen molar-refractivity contribution in [2.24, 2.45) is 0 Å². The van der Waals surface area contributed by atoms with E-state index in [-0.39, 0.29) is 11.1 Å². The maximum Gasteiger partial charge on any atom is 0.270 e. The minimum Gasteiger partial charge on any atom is -0.356 e. The van der Waals surface area contributed by atoms with Crippen molar-refractivity contribution in [1.29, 1.82) is 5.26 Å². The molecule has 0 saturated carbocycles. The Balaban J connectivity index is 2.42. The zero-order valence-corrected chi connectivity index (χ0v) is 10.4. The van der Waals surface area contributed by atoms with E-state index in [1.165, 1.54) is 0 Å². The molecule has 4 heteroatoms. The van der Waals surface area contributed by atoms with Gasteiger partial charge in [-0.1, -0.05) is 13.3 Å². The van der Waals surface area contributed by atoms with Crippen molar-refractivity contribution < 1.29 is 0 Å². The Morgan fingerprint density at radius 1 is 1.47 bits per heavy atom. The van der Waals surface area contributed by atoms with Gasteiger partial charge in [-0.15, -0.1) is 0 Å². The van der Waals surface area contributed by atoms with Crippen LogP contribution < -0.4 is 10.5 Å². The number of anilines is 1. The lowest BCUT2D eigenvalue weighted by Gasteiger charge is -2.18. The average Bonchev–Trinajstić information content (AvgIpc) is 2.70. The van der Waals surface area contributed by atoms with Gasteiger partial charge in [-0.2, -0.15) is 5.26 Å². The topological polar surface area (TPSA) is 49.0 Å². The molecule has 0 aromatic carbocycles. The molecule has 0 N–H and O–H groups in total. The minimum atomic E-state index is -0.138. The third kappa shape index (κ3) is 1.93. The van der Waals surface area contributed by atoms with Gasteiger partial charge in [0.25, 0.3) is 5.56 Å². The normalized spacial score (nSPS) is 13.6. The second-order valence-electron chi connectivity index (χ2n) is 4.47. The molecule has 1 aromatic rings. The molecular formula is C13H17N3O. The third-order valence-corrected chi connectivity index (χ3v) is 3.29. The predicted octanol–water partition coefficient (Wildman–Crippen LogP) is 1.65. The SMILES string of the molecule is CCCCN1CCn2c1cc(C)c(C#N)c2=O. The molecule has 0 radical (unpaired) electrons. The van der Waals surface area contributed by atoms with Crippen molar-refractivity contribution in [1.82, 2.24) is 4.57 Å². The number of aryl methyl sites for hydroxylation is 1. The fraction of sp³-hybridized carbons (Fsp3) is 0.538. The lowest BCUT2D eigenvalue weighted by atomic mass is 10.1. The summed E-state index contributed by atoms with van der Waals surface area (Å²) in [5.74, 6) is 0.972. The number of nitriles is 1. The van der Waals surface area contributed by atoms with Gasteiger partial charge in [0.2, 0.25) is 0 Å². The zero-order valence-electron chi connectivity index (χ0n) is 10.4. The van der Waals surface area contributed by atoms with Crippen LogP contribution in [0.1, 0.15) is 30.9 Å². The maximum atomic E-state index is 12.0. The number of pyridine rings is 1. The highest BCUT2D eigenvalue weighted by Gasteiger charge is 2.22. The van der Waals surface area contributed by atoms with Crippen LogP contribution >= 0.6 is 0 Å². The number of nitrogens with zero attached hydrogens (tertiary/aromatic N) is 3. The molecule has 0 atom stereocenters. The molecule has 2 heterocycles. The average molecular weight is 231 g/mol. The first-order valence-electron chi connectivity index (χ1n) is 6.08. The largest absolute Gasteiger partial charge is 0.356 e. The van der Waals surface area contributed by atoms with E-state index in [4.69, 9.17) is 5.26 Å². The van der Waals surface area contributed by atoms with Gasteiger partial charge in [0.15, 0.2) is 0 Å². The van der Waals surface area contributed by atoms with E-state index in [2.05, 4.69) is 11.8 Å². The second kappa shape index (κ2) is 4.62. The second-order valence-corrected chi connectivity index (χ2v) is 4.47. The summed E-state index contributed by atoms with van der Waals surface area (Å²) in [4.78, 5) is 14.3. The zero-order chi connectivity index (χ0) is 12.4. The van der Waals surface area contributed by atoms with Crippen LogP contribution in [0.4, 0.5) is 5.82 Å². The van der Waals surface area contributed by atoms with Crippen LogP contribution in [0, 0.1) is 18.3 Å². The highest BCUT2D eigenvalue weighted by Crippen LogP contribution is 2.21. The van der Waals surface area contributed by atoms with Crippen LogP contribution in [0.2, 0.25) is 0 Å². The van der Waals surface area contributed by atoms with Gasteiger partial charge in [-0.05, 0) is 25.0 Å². The van der Waals surface area contributed by atoms with Crippen molar-refractivity contribution in [3.8, 4) is 6.07 Å². The Bertz CT molecular complexity index is 525. The number of hydrogen-bond donors (Lipinski definition) is 0. The van der Waals surface area contributed by atoms with E-state index in [0.717, 1.165) is 37.3 Å².